The standard InChI is InChI=1S/C12H16N4/c1-12(2,3)9-4-5-11(14-8-9)16-7-6-10(13)15-16/h4-8H,1-3H3,(H2,13,15). The van der Waals surface area contributed by atoms with Crippen LogP contribution in [0.2, 0.25) is 0 Å². The van der Waals surface area contributed by atoms with E-state index in [0.717, 1.165) is 5.82 Å². The Kier molecular flexibility index (Phi) is 2.42. The topological polar surface area (TPSA) is 56.7 Å². The Hall–Kier alpha value is -1.84. The van der Waals surface area contributed by atoms with Crippen LogP contribution >= 0.6 is 0 Å². The van der Waals surface area contributed by atoms with Gasteiger partial charge in [-0.25, -0.2) is 9.67 Å². The van der Waals surface area contributed by atoms with Gasteiger partial charge in [0, 0.05) is 18.5 Å². The Bertz CT molecular complexity index is 476. The molecule has 0 aliphatic heterocycles. The molecular formula is C12H16N4. The fourth-order valence-electron chi connectivity index (χ4n) is 1.43. The molecule has 2 aromatic heterocycles. The van der Waals surface area contributed by atoms with Crippen LogP contribution in [0.15, 0.2) is 30.6 Å². The zero-order valence-corrected chi connectivity index (χ0v) is 9.81. The molecule has 0 aliphatic rings. The van der Waals surface area contributed by atoms with Crippen molar-refractivity contribution in [2.45, 2.75) is 26.2 Å². The van der Waals surface area contributed by atoms with Crippen LogP contribution in [0.3, 0.4) is 0 Å². The molecule has 2 N–H and O–H groups in total. The van der Waals surface area contributed by atoms with Crippen LogP contribution in [0.4, 0.5) is 5.82 Å². The predicted molar refractivity (Wildman–Crippen MR) is 64.5 cm³/mol. The van der Waals surface area contributed by atoms with E-state index in [0.29, 0.717) is 5.82 Å². The third-order valence-electron chi connectivity index (χ3n) is 2.46. The molecular weight excluding hydrogens is 200 g/mol. The average Bonchev–Trinajstić information content (AvgIpc) is 2.64. The maximum Gasteiger partial charge on any atom is 0.153 e. The van der Waals surface area contributed by atoms with Crippen LogP contribution in [-0.2, 0) is 5.41 Å². The van der Waals surface area contributed by atoms with Gasteiger partial charge in [-0.2, -0.15) is 0 Å². The Morgan fingerprint density at radius 2 is 1.94 bits per heavy atom. The molecule has 2 rings (SSSR count). The molecule has 2 heterocycles. The summed E-state index contributed by atoms with van der Waals surface area (Å²) in [5.41, 5.74) is 6.88. The normalized spacial score (nSPS) is 11.7. The first-order chi connectivity index (χ1) is 7.47. The van der Waals surface area contributed by atoms with Gasteiger partial charge in [-0.1, -0.05) is 26.8 Å². The van der Waals surface area contributed by atoms with Gasteiger partial charge >= 0.3 is 0 Å². The zero-order valence-electron chi connectivity index (χ0n) is 9.81. The van der Waals surface area contributed by atoms with Gasteiger partial charge in [0.05, 0.1) is 0 Å². The molecule has 2 aromatic rings. The second-order valence-corrected chi connectivity index (χ2v) is 4.84. The molecule has 0 spiro atoms. The largest absolute Gasteiger partial charge is 0.382 e. The summed E-state index contributed by atoms with van der Waals surface area (Å²) in [6, 6.07) is 5.77. The van der Waals surface area contributed by atoms with Crippen molar-refractivity contribution in [2.75, 3.05) is 5.73 Å². The minimum absolute atomic E-state index is 0.120. The van der Waals surface area contributed by atoms with E-state index in [9.17, 15) is 0 Å². The molecule has 0 saturated heterocycles. The van der Waals surface area contributed by atoms with Gasteiger partial charge in [0.15, 0.2) is 5.82 Å². The summed E-state index contributed by atoms with van der Waals surface area (Å²) in [6.07, 6.45) is 3.68. The van der Waals surface area contributed by atoms with Gasteiger partial charge in [0.2, 0.25) is 0 Å². The van der Waals surface area contributed by atoms with Crippen molar-refractivity contribution in [1.82, 2.24) is 14.8 Å². The Morgan fingerprint density at radius 1 is 1.19 bits per heavy atom. The molecule has 0 unspecified atom stereocenters. The van der Waals surface area contributed by atoms with Crippen LogP contribution in [0.1, 0.15) is 26.3 Å². The van der Waals surface area contributed by atoms with E-state index in [4.69, 9.17) is 5.73 Å². The first-order valence-electron chi connectivity index (χ1n) is 5.25. The summed E-state index contributed by atoms with van der Waals surface area (Å²) in [4.78, 5) is 4.37. The van der Waals surface area contributed by atoms with Crippen molar-refractivity contribution in [1.29, 1.82) is 0 Å². The maximum atomic E-state index is 5.56. The number of pyridine rings is 1. The quantitative estimate of drug-likeness (QED) is 0.794. The molecule has 0 atom stereocenters. The number of rotatable bonds is 1. The molecule has 0 aromatic carbocycles. The SMILES string of the molecule is CC(C)(C)c1ccc(-n2ccc(N)n2)nc1. The summed E-state index contributed by atoms with van der Waals surface area (Å²) in [7, 11) is 0. The lowest BCUT2D eigenvalue weighted by molar-refractivity contribution is 0.586. The lowest BCUT2D eigenvalue weighted by Gasteiger charge is -2.18. The summed E-state index contributed by atoms with van der Waals surface area (Å²) in [5.74, 6) is 1.28. The summed E-state index contributed by atoms with van der Waals surface area (Å²) >= 11 is 0. The first-order valence-corrected chi connectivity index (χ1v) is 5.25. The van der Waals surface area contributed by atoms with Crippen LogP contribution in [0.5, 0.6) is 0 Å². The third kappa shape index (κ3) is 2.05. The number of hydrogen-bond donors (Lipinski definition) is 1. The number of anilines is 1. The highest BCUT2D eigenvalue weighted by atomic mass is 15.3. The fraction of sp³-hybridized carbons (Fsp3) is 0.333. The van der Waals surface area contributed by atoms with Crippen molar-refractivity contribution in [2.24, 2.45) is 0 Å². The molecule has 0 amide bonds. The predicted octanol–water partition coefficient (Wildman–Crippen LogP) is 2.15. The van der Waals surface area contributed by atoms with E-state index in [1.165, 1.54) is 5.56 Å². The highest BCUT2D eigenvalue weighted by Crippen LogP contribution is 2.21. The van der Waals surface area contributed by atoms with Gasteiger partial charge in [-0.15, -0.1) is 5.10 Å². The van der Waals surface area contributed by atoms with E-state index in [1.807, 2.05) is 12.3 Å². The van der Waals surface area contributed by atoms with Crippen molar-refractivity contribution in [3.63, 3.8) is 0 Å². The first kappa shape index (κ1) is 10.7. The van der Waals surface area contributed by atoms with E-state index in [-0.39, 0.29) is 5.41 Å². The van der Waals surface area contributed by atoms with E-state index in [2.05, 4.69) is 36.9 Å². The molecule has 0 aliphatic carbocycles. The number of hydrogen-bond acceptors (Lipinski definition) is 3. The van der Waals surface area contributed by atoms with E-state index in [1.54, 1.807) is 16.9 Å². The van der Waals surface area contributed by atoms with Gasteiger partial charge in [-0.3, -0.25) is 0 Å². The van der Waals surface area contributed by atoms with Gasteiger partial charge < -0.3 is 5.73 Å². The number of nitrogens with two attached hydrogens (primary N) is 1. The molecule has 84 valence electrons. The smallest absolute Gasteiger partial charge is 0.153 e. The van der Waals surface area contributed by atoms with Crippen molar-refractivity contribution in [3.05, 3.63) is 36.2 Å². The third-order valence-corrected chi connectivity index (χ3v) is 2.46. The highest BCUT2D eigenvalue weighted by molar-refractivity contribution is 5.32. The van der Waals surface area contributed by atoms with Crippen molar-refractivity contribution >= 4 is 5.82 Å². The zero-order chi connectivity index (χ0) is 11.8. The number of nitrogen functional groups attached to an aromatic ring is 1. The maximum absolute atomic E-state index is 5.56. The highest BCUT2D eigenvalue weighted by Gasteiger charge is 2.13. The molecule has 4 heteroatoms. The lowest BCUT2D eigenvalue weighted by Crippen LogP contribution is -2.12. The van der Waals surface area contributed by atoms with Crippen molar-refractivity contribution in [3.8, 4) is 5.82 Å². The van der Waals surface area contributed by atoms with Crippen molar-refractivity contribution < 1.29 is 0 Å². The summed E-state index contributed by atoms with van der Waals surface area (Å²) in [5, 5.41) is 4.10. The molecule has 0 fully saturated rings. The lowest BCUT2D eigenvalue weighted by atomic mass is 9.88. The molecule has 0 bridgehead atoms. The number of nitrogens with zero attached hydrogens (tertiary/aromatic N) is 3. The monoisotopic (exact) mass is 216 g/mol. The average molecular weight is 216 g/mol. The summed E-state index contributed by atoms with van der Waals surface area (Å²) < 4.78 is 1.67. The molecule has 16 heavy (non-hydrogen) atoms. The molecule has 4 nitrogen and oxygen atoms in total. The van der Waals surface area contributed by atoms with Gasteiger partial charge in [0.25, 0.3) is 0 Å². The minimum atomic E-state index is 0.120. The van der Waals surface area contributed by atoms with Crippen LogP contribution < -0.4 is 5.73 Å². The fourth-order valence-corrected chi connectivity index (χ4v) is 1.43. The second-order valence-electron chi connectivity index (χ2n) is 4.84. The Labute approximate surface area is 95.1 Å². The number of aromatic nitrogens is 3. The Balaban J connectivity index is 2.33. The van der Waals surface area contributed by atoms with E-state index < -0.39 is 0 Å². The van der Waals surface area contributed by atoms with Crippen LogP contribution in [0, 0.1) is 0 Å². The molecule has 0 saturated carbocycles. The van der Waals surface area contributed by atoms with Gasteiger partial charge in [-0.05, 0) is 17.0 Å². The summed E-state index contributed by atoms with van der Waals surface area (Å²) in [6.45, 7) is 6.49. The van der Waals surface area contributed by atoms with Crippen LogP contribution in [-0.4, -0.2) is 14.8 Å². The van der Waals surface area contributed by atoms with Gasteiger partial charge in [0.1, 0.15) is 5.82 Å². The second kappa shape index (κ2) is 3.63. The van der Waals surface area contributed by atoms with E-state index >= 15 is 0 Å². The minimum Gasteiger partial charge on any atom is -0.382 e. The molecule has 0 radical (unpaired) electrons. The Morgan fingerprint density at radius 3 is 2.38 bits per heavy atom. The van der Waals surface area contributed by atoms with Crippen LogP contribution in [0.25, 0.3) is 5.82 Å².